The summed E-state index contributed by atoms with van der Waals surface area (Å²) in [6, 6.07) is 7.83. The van der Waals surface area contributed by atoms with Gasteiger partial charge in [-0.25, -0.2) is 4.79 Å². The molecule has 1 aliphatic heterocycles. The van der Waals surface area contributed by atoms with E-state index in [2.05, 4.69) is 5.32 Å². The second-order valence-corrected chi connectivity index (χ2v) is 5.07. The molecule has 0 unspecified atom stereocenters. The molecule has 1 aromatic rings. The molecule has 0 bridgehead atoms. The lowest BCUT2D eigenvalue weighted by molar-refractivity contribution is 0.171. The molecule has 1 aromatic carbocycles. The van der Waals surface area contributed by atoms with Gasteiger partial charge in [-0.15, -0.1) is 0 Å². The summed E-state index contributed by atoms with van der Waals surface area (Å²) in [5.41, 5.74) is 2.00. The number of benzene rings is 1. The zero-order valence-corrected chi connectivity index (χ0v) is 11.7. The molecule has 0 radical (unpaired) electrons. The molecule has 1 aliphatic rings. The van der Waals surface area contributed by atoms with Crippen molar-refractivity contribution in [1.29, 1.82) is 0 Å². The first-order chi connectivity index (χ1) is 9.19. The van der Waals surface area contributed by atoms with Crippen LogP contribution in [0, 0.1) is 12.8 Å². The average molecular weight is 262 g/mol. The van der Waals surface area contributed by atoms with Gasteiger partial charge in [0.2, 0.25) is 0 Å². The molecule has 2 amide bonds. The molecule has 0 aromatic heterocycles. The second kappa shape index (κ2) is 6.57. The summed E-state index contributed by atoms with van der Waals surface area (Å²) < 4.78 is 5.36. The van der Waals surface area contributed by atoms with Crippen molar-refractivity contribution >= 4 is 11.7 Å². The lowest BCUT2D eigenvalue weighted by Crippen LogP contribution is -2.38. The van der Waals surface area contributed by atoms with Crippen LogP contribution in [0.4, 0.5) is 10.5 Å². The first-order valence-corrected chi connectivity index (χ1v) is 6.89. The minimum Gasteiger partial charge on any atom is -0.381 e. The van der Waals surface area contributed by atoms with Crippen LogP contribution in [0.25, 0.3) is 0 Å². The number of nitrogens with one attached hydrogen (secondary N) is 1. The largest absolute Gasteiger partial charge is 0.381 e. The molecule has 4 heteroatoms. The second-order valence-electron chi connectivity index (χ2n) is 5.07. The highest BCUT2D eigenvalue weighted by Gasteiger charge is 2.21. The number of ether oxygens (including phenoxy) is 1. The summed E-state index contributed by atoms with van der Waals surface area (Å²) in [7, 11) is 0. The van der Waals surface area contributed by atoms with E-state index in [0.717, 1.165) is 37.4 Å². The van der Waals surface area contributed by atoms with Gasteiger partial charge in [-0.3, -0.25) is 0 Å². The highest BCUT2D eigenvalue weighted by Crippen LogP contribution is 2.15. The normalized spacial score (nSPS) is 18.3. The number of aryl methyl sites for hydroxylation is 1. The van der Waals surface area contributed by atoms with E-state index in [4.69, 9.17) is 4.74 Å². The van der Waals surface area contributed by atoms with E-state index in [-0.39, 0.29) is 6.03 Å². The van der Waals surface area contributed by atoms with Crippen molar-refractivity contribution in [3.63, 3.8) is 0 Å². The molecular weight excluding hydrogens is 240 g/mol. The Morgan fingerprint density at radius 3 is 3.00 bits per heavy atom. The Kier molecular flexibility index (Phi) is 4.80. The van der Waals surface area contributed by atoms with Crippen LogP contribution in [0.3, 0.4) is 0 Å². The number of rotatable bonds is 4. The highest BCUT2D eigenvalue weighted by atomic mass is 16.5. The summed E-state index contributed by atoms with van der Waals surface area (Å²) >= 11 is 0. The quantitative estimate of drug-likeness (QED) is 0.906. The number of carbonyl (C=O) groups excluding carboxylic acids is 1. The minimum atomic E-state index is -0.0278. The third-order valence-corrected chi connectivity index (χ3v) is 3.44. The lowest BCUT2D eigenvalue weighted by Gasteiger charge is -2.24. The van der Waals surface area contributed by atoms with Crippen molar-refractivity contribution in [1.82, 2.24) is 4.90 Å². The fraction of sp³-hybridized carbons (Fsp3) is 0.533. The van der Waals surface area contributed by atoms with Crippen LogP contribution >= 0.6 is 0 Å². The Hall–Kier alpha value is -1.55. The van der Waals surface area contributed by atoms with E-state index in [9.17, 15) is 4.79 Å². The number of urea groups is 1. The van der Waals surface area contributed by atoms with Crippen LogP contribution in [0.2, 0.25) is 0 Å². The molecule has 0 saturated carbocycles. The van der Waals surface area contributed by atoms with E-state index in [1.165, 1.54) is 0 Å². The summed E-state index contributed by atoms with van der Waals surface area (Å²) in [4.78, 5) is 14.1. The van der Waals surface area contributed by atoms with Crippen molar-refractivity contribution in [2.75, 3.05) is 31.6 Å². The zero-order chi connectivity index (χ0) is 13.7. The summed E-state index contributed by atoms with van der Waals surface area (Å²) in [5, 5.41) is 2.95. The molecule has 4 nitrogen and oxygen atoms in total. The van der Waals surface area contributed by atoms with Gasteiger partial charge in [0.15, 0.2) is 0 Å². The minimum absolute atomic E-state index is 0.0278. The Bertz CT molecular complexity index is 428. The van der Waals surface area contributed by atoms with Gasteiger partial charge < -0.3 is 15.0 Å². The van der Waals surface area contributed by atoms with Crippen molar-refractivity contribution in [3.8, 4) is 0 Å². The van der Waals surface area contributed by atoms with Gasteiger partial charge in [0, 0.05) is 31.3 Å². The molecule has 1 atom stereocenters. The van der Waals surface area contributed by atoms with E-state index >= 15 is 0 Å². The fourth-order valence-electron chi connectivity index (χ4n) is 2.32. The Labute approximate surface area is 114 Å². The average Bonchev–Trinajstić information content (AvgIpc) is 2.88. The molecule has 1 fully saturated rings. The van der Waals surface area contributed by atoms with Crippen molar-refractivity contribution in [3.05, 3.63) is 29.8 Å². The number of nitrogens with zero attached hydrogens (tertiary/aromatic N) is 1. The highest BCUT2D eigenvalue weighted by molar-refractivity contribution is 5.89. The summed E-state index contributed by atoms with van der Waals surface area (Å²) in [6.45, 7) is 7.10. The Morgan fingerprint density at radius 1 is 1.53 bits per heavy atom. The molecule has 19 heavy (non-hydrogen) atoms. The maximum absolute atomic E-state index is 12.2. The van der Waals surface area contributed by atoms with E-state index in [0.29, 0.717) is 12.5 Å². The molecule has 1 heterocycles. The SMILES string of the molecule is CCN(C[C@H]1CCOC1)C(=O)Nc1cccc(C)c1. The van der Waals surface area contributed by atoms with Crippen molar-refractivity contribution < 1.29 is 9.53 Å². The maximum atomic E-state index is 12.2. The van der Waals surface area contributed by atoms with Gasteiger partial charge in [0.25, 0.3) is 0 Å². The van der Waals surface area contributed by atoms with Gasteiger partial charge in [-0.05, 0) is 38.0 Å². The Balaban J connectivity index is 1.92. The number of carbonyl (C=O) groups is 1. The number of hydrogen-bond donors (Lipinski definition) is 1. The monoisotopic (exact) mass is 262 g/mol. The molecular formula is C15H22N2O2. The maximum Gasteiger partial charge on any atom is 0.321 e. The molecule has 1 N–H and O–H groups in total. The third-order valence-electron chi connectivity index (χ3n) is 3.44. The summed E-state index contributed by atoms with van der Waals surface area (Å²) in [5.74, 6) is 0.475. The molecule has 104 valence electrons. The lowest BCUT2D eigenvalue weighted by atomic mass is 10.1. The number of hydrogen-bond acceptors (Lipinski definition) is 2. The first-order valence-electron chi connectivity index (χ1n) is 6.89. The molecule has 1 saturated heterocycles. The topological polar surface area (TPSA) is 41.6 Å². The standard InChI is InChI=1S/C15H22N2O2/c1-3-17(10-13-7-8-19-11-13)15(18)16-14-6-4-5-12(2)9-14/h4-6,9,13H,3,7-8,10-11H2,1-2H3,(H,16,18)/t13-/m1/s1. The number of anilines is 1. The van der Waals surface area contributed by atoms with Crippen LogP contribution in [0.5, 0.6) is 0 Å². The fourth-order valence-corrected chi connectivity index (χ4v) is 2.32. The van der Waals surface area contributed by atoms with Gasteiger partial charge in [0.05, 0.1) is 6.61 Å². The van der Waals surface area contributed by atoms with Crippen LogP contribution in [0.15, 0.2) is 24.3 Å². The van der Waals surface area contributed by atoms with Gasteiger partial charge in [0.1, 0.15) is 0 Å². The molecule has 0 spiro atoms. The van der Waals surface area contributed by atoms with Crippen LogP contribution in [-0.2, 0) is 4.74 Å². The summed E-state index contributed by atoms with van der Waals surface area (Å²) in [6.07, 6.45) is 1.05. The van der Waals surface area contributed by atoms with Gasteiger partial charge >= 0.3 is 6.03 Å². The molecule has 0 aliphatic carbocycles. The Morgan fingerprint density at radius 2 is 2.37 bits per heavy atom. The predicted molar refractivity (Wildman–Crippen MR) is 76.4 cm³/mol. The number of amides is 2. The van der Waals surface area contributed by atoms with E-state index in [1.807, 2.05) is 43.0 Å². The van der Waals surface area contributed by atoms with E-state index < -0.39 is 0 Å². The van der Waals surface area contributed by atoms with Crippen molar-refractivity contribution in [2.45, 2.75) is 20.3 Å². The predicted octanol–water partition coefficient (Wildman–Crippen LogP) is 2.89. The molecule has 2 rings (SSSR count). The van der Waals surface area contributed by atoms with Crippen LogP contribution in [-0.4, -0.2) is 37.2 Å². The van der Waals surface area contributed by atoms with Crippen molar-refractivity contribution in [2.24, 2.45) is 5.92 Å². The first kappa shape index (κ1) is 13.9. The van der Waals surface area contributed by atoms with E-state index in [1.54, 1.807) is 0 Å². The smallest absolute Gasteiger partial charge is 0.321 e. The van der Waals surface area contributed by atoms with Crippen LogP contribution < -0.4 is 5.32 Å². The third kappa shape index (κ3) is 3.96. The van der Waals surface area contributed by atoms with Gasteiger partial charge in [-0.2, -0.15) is 0 Å². The van der Waals surface area contributed by atoms with Crippen LogP contribution in [0.1, 0.15) is 18.9 Å². The zero-order valence-electron chi connectivity index (χ0n) is 11.7. The van der Waals surface area contributed by atoms with Gasteiger partial charge in [-0.1, -0.05) is 12.1 Å².